The number of hydrogen-bond acceptors (Lipinski definition) is 2. The van der Waals surface area contributed by atoms with E-state index in [0.29, 0.717) is 0 Å². The summed E-state index contributed by atoms with van der Waals surface area (Å²) in [5.74, 6) is 6.12. The molecule has 0 radical (unpaired) electrons. The minimum atomic E-state index is -0.202. The van der Waals surface area contributed by atoms with Crippen LogP contribution in [0, 0.1) is 11.8 Å². The zero-order valence-corrected chi connectivity index (χ0v) is 10.5. The monoisotopic (exact) mass is 240 g/mol. The highest BCUT2D eigenvalue weighted by molar-refractivity contribution is 5.66. The summed E-state index contributed by atoms with van der Waals surface area (Å²) in [6, 6.07) is 9.94. The van der Waals surface area contributed by atoms with Crippen LogP contribution in [0.3, 0.4) is 0 Å². The van der Waals surface area contributed by atoms with Crippen LogP contribution in [0.4, 0.5) is 0 Å². The predicted octanol–water partition coefficient (Wildman–Crippen LogP) is 3.08. The van der Waals surface area contributed by atoms with Gasteiger partial charge in [0, 0.05) is 18.9 Å². The van der Waals surface area contributed by atoms with E-state index in [4.69, 9.17) is 4.74 Å². The van der Waals surface area contributed by atoms with Gasteiger partial charge in [-0.25, -0.2) is 0 Å². The van der Waals surface area contributed by atoms with Crippen LogP contribution >= 0.6 is 0 Å². The molecule has 1 unspecified atom stereocenters. The van der Waals surface area contributed by atoms with E-state index in [1.54, 1.807) is 0 Å². The Bertz CT molecular complexity index is 503. The molecule has 2 nitrogen and oxygen atoms in total. The van der Waals surface area contributed by atoms with Crippen molar-refractivity contribution >= 4 is 5.97 Å². The number of carbonyl (C=O) groups is 1. The maximum Gasteiger partial charge on any atom is 0.302 e. The summed E-state index contributed by atoms with van der Waals surface area (Å²) < 4.78 is 5.17. The van der Waals surface area contributed by atoms with Crippen molar-refractivity contribution in [2.75, 3.05) is 0 Å². The van der Waals surface area contributed by atoms with Gasteiger partial charge in [-0.15, -0.1) is 0 Å². The molecule has 2 heteroatoms. The second-order valence-corrected chi connectivity index (χ2v) is 4.35. The first kappa shape index (κ1) is 12.4. The van der Waals surface area contributed by atoms with Crippen molar-refractivity contribution in [3.8, 4) is 11.8 Å². The first-order chi connectivity index (χ1) is 8.74. The average Bonchev–Trinajstić information content (AvgIpc) is 2.38. The average molecular weight is 240 g/mol. The van der Waals surface area contributed by atoms with Gasteiger partial charge in [-0.3, -0.25) is 4.79 Å². The quantitative estimate of drug-likeness (QED) is 0.557. The van der Waals surface area contributed by atoms with Crippen molar-refractivity contribution in [2.45, 2.75) is 32.3 Å². The number of ether oxygens (including phenoxy) is 1. The van der Waals surface area contributed by atoms with Crippen molar-refractivity contribution in [3.63, 3.8) is 0 Å². The molecule has 0 spiro atoms. The smallest absolute Gasteiger partial charge is 0.302 e. The number of allylic oxidation sites excluding steroid dienone is 1. The van der Waals surface area contributed by atoms with E-state index < -0.39 is 0 Å². The van der Waals surface area contributed by atoms with E-state index in [-0.39, 0.29) is 12.1 Å². The van der Waals surface area contributed by atoms with E-state index in [1.165, 1.54) is 6.92 Å². The minimum Gasteiger partial charge on any atom is -0.462 e. The van der Waals surface area contributed by atoms with Gasteiger partial charge < -0.3 is 4.74 Å². The molecule has 92 valence electrons. The Labute approximate surface area is 108 Å². The molecule has 1 aromatic carbocycles. The topological polar surface area (TPSA) is 26.3 Å². The molecule has 0 aromatic heterocycles. The number of esters is 1. The maximum absolute atomic E-state index is 10.8. The highest BCUT2D eigenvalue weighted by atomic mass is 16.5. The third-order valence-corrected chi connectivity index (χ3v) is 2.84. The molecule has 0 fully saturated rings. The Kier molecular flexibility index (Phi) is 4.20. The molecule has 0 N–H and O–H groups in total. The van der Waals surface area contributed by atoms with E-state index in [2.05, 4.69) is 17.9 Å². The highest BCUT2D eigenvalue weighted by Gasteiger charge is 2.15. The fourth-order valence-corrected chi connectivity index (χ4v) is 1.94. The largest absolute Gasteiger partial charge is 0.462 e. The third kappa shape index (κ3) is 3.78. The fourth-order valence-electron chi connectivity index (χ4n) is 1.94. The van der Waals surface area contributed by atoms with Gasteiger partial charge in [0.2, 0.25) is 0 Å². The summed E-state index contributed by atoms with van der Waals surface area (Å²) in [5.41, 5.74) is 2.17. The second-order valence-electron chi connectivity index (χ2n) is 4.35. The van der Waals surface area contributed by atoms with Crippen molar-refractivity contribution in [1.82, 2.24) is 0 Å². The fraction of sp³-hybridized carbons (Fsp3) is 0.312. The summed E-state index contributed by atoms with van der Waals surface area (Å²) in [7, 11) is 0. The van der Waals surface area contributed by atoms with Gasteiger partial charge in [0.25, 0.3) is 0 Å². The molecule has 0 heterocycles. The van der Waals surface area contributed by atoms with E-state index in [1.807, 2.05) is 30.3 Å². The molecule has 0 bridgehead atoms. The summed E-state index contributed by atoms with van der Waals surface area (Å²) in [6.45, 7) is 1.45. The highest BCUT2D eigenvalue weighted by Crippen LogP contribution is 2.20. The van der Waals surface area contributed by atoms with Crippen LogP contribution in [-0.2, 0) is 9.53 Å². The summed E-state index contributed by atoms with van der Waals surface area (Å²) >= 11 is 0. The molecule has 0 saturated heterocycles. The third-order valence-electron chi connectivity index (χ3n) is 2.84. The molecule has 0 amide bonds. The molecule has 1 aliphatic rings. The second kappa shape index (κ2) is 6.07. The Balaban J connectivity index is 1.95. The molecule has 1 aromatic rings. The van der Waals surface area contributed by atoms with Gasteiger partial charge in [-0.1, -0.05) is 36.1 Å². The molecular formula is C16H16O2. The lowest BCUT2D eigenvalue weighted by Gasteiger charge is -2.19. The Morgan fingerprint density at radius 2 is 2.06 bits per heavy atom. The van der Waals surface area contributed by atoms with Gasteiger partial charge in [0.15, 0.2) is 0 Å². The van der Waals surface area contributed by atoms with E-state index >= 15 is 0 Å². The Morgan fingerprint density at radius 1 is 1.28 bits per heavy atom. The predicted molar refractivity (Wildman–Crippen MR) is 70.8 cm³/mol. The lowest BCUT2D eigenvalue weighted by atomic mass is 9.97. The minimum absolute atomic E-state index is 0.0322. The normalized spacial score (nSPS) is 18.3. The van der Waals surface area contributed by atoms with Crippen LogP contribution in [0.2, 0.25) is 0 Å². The van der Waals surface area contributed by atoms with Gasteiger partial charge >= 0.3 is 5.97 Å². The van der Waals surface area contributed by atoms with Crippen LogP contribution in [-0.4, -0.2) is 12.1 Å². The number of carbonyl (C=O) groups excluding carboxylic acids is 1. The summed E-state index contributed by atoms with van der Waals surface area (Å²) in [5, 5.41) is 0. The first-order valence-corrected chi connectivity index (χ1v) is 6.17. The molecule has 0 saturated carbocycles. The van der Waals surface area contributed by atoms with Gasteiger partial charge in [0.05, 0.1) is 0 Å². The van der Waals surface area contributed by atoms with Crippen molar-refractivity contribution in [3.05, 3.63) is 47.5 Å². The molecule has 1 aliphatic carbocycles. The number of hydrogen-bond donors (Lipinski definition) is 0. The van der Waals surface area contributed by atoms with Gasteiger partial charge in [-0.2, -0.15) is 0 Å². The first-order valence-electron chi connectivity index (χ1n) is 6.17. The SMILES string of the molecule is CC(=O)OC1CC=C(C#Cc2ccccc2)CC1. The van der Waals surface area contributed by atoms with Gasteiger partial charge in [-0.05, 0) is 30.5 Å². The molecule has 0 aliphatic heterocycles. The maximum atomic E-state index is 10.8. The van der Waals surface area contributed by atoms with Crippen LogP contribution in [0.5, 0.6) is 0 Å². The van der Waals surface area contributed by atoms with Crippen molar-refractivity contribution < 1.29 is 9.53 Å². The Hall–Kier alpha value is -2.01. The lowest BCUT2D eigenvalue weighted by molar-refractivity contribution is -0.146. The molecule has 18 heavy (non-hydrogen) atoms. The van der Waals surface area contributed by atoms with Crippen LogP contribution in [0.1, 0.15) is 31.7 Å². The standard InChI is InChI=1S/C16H16O2/c1-13(17)18-16-11-9-15(10-12-16)8-7-14-5-3-2-4-6-14/h2-6,9,16H,10-12H2,1H3. The van der Waals surface area contributed by atoms with Crippen LogP contribution < -0.4 is 0 Å². The molecule has 1 atom stereocenters. The zero-order valence-electron chi connectivity index (χ0n) is 10.5. The molecular weight excluding hydrogens is 224 g/mol. The van der Waals surface area contributed by atoms with Crippen LogP contribution in [0.25, 0.3) is 0 Å². The van der Waals surface area contributed by atoms with E-state index in [9.17, 15) is 4.79 Å². The van der Waals surface area contributed by atoms with Crippen molar-refractivity contribution in [1.29, 1.82) is 0 Å². The summed E-state index contributed by atoms with van der Waals surface area (Å²) in [6.07, 6.45) is 4.64. The van der Waals surface area contributed by atoms with Crippen LogP contribution in [0.15, 0.2) is 42.0 Å². The van der Waals surface area contributed by atoms with Crippen molar-refractivity contribution in [2.24, 2.45) is 0 Å². The Morgan fingerprint density at radius 3 is 2.67 bits per heavy atom. The lowest BCUT2D eigenvalue weighted by Crippen LogP contribution is -2.18. The number of benzene rings is 1. The summed E-state index contributed by atoms with van der Waals surface area (Å²) in [4.78, 5) is 10.8. The van der Waals surface area contributed by atoms with Gasteiger partial charge in [0.1, 0.15) is 6.10 Å². The molecule has 2 rings (SSSR count). The van der Waals surface area contributed by atoms with E-state index in [0.717, 1.165) is 30.4 Å². The number of rotatable bonds is 1. The zero-order chi connectivity index (χ0) is 12.8.